The van der Waals surface area contributed by atoms with Gasteiger partial charge in [-0.05, 0) is 76.9 Å². The van der Waals surface area contributed by atoms with Crippen molar-refractivity contribution >= 4 is 17.5 Å². The van der Waals surface area contributed by atoms with Crippen LogP contribution in [0.25, 0.3) is 0 Å². The Balaban J connectivity index is 1.82. The normalized spacial score (nSPS) is 18.8. The molecule has 2 aromatic rings. The van der Waals surface area contributed by atoms with Gasteiger partial charge in [0.05, 0.1) is 19.1 Å². The number of benzene rings is 1. The van der Waals surface area contributed by atoms with E-state index in [0.717, 1.165) is 30.6 Å². The summed E-state index contributed by atoms with van der Waals surface area (Å²) in [5.41, 5.74) is 2.54. The third kappa shape index (κ3) is 8.79. The maximum Gasteiger partial charge on any atom is 0.227 e. The Bertz CT molecular complexity index is 1050. The zero-order valence-corrected chi connectivity index (χ0v) is 23.4. The fraction of sp³-hybridized carbons (Fsp3) is 0.552. The maximum absolute atomic E-state index is 13.4. The lowest BCUT2D eigenvalue weighted by atomic mass is 10.0. The molecule has 1 aromatic heterocycles. The number of amides is 2. The molecule has 0 spiro atoms. The number of anilines is 1. The first-order valence-electron chi connectivity index (χ1n) is 13.4. The van der Waals surface area contributed by atoms with Crippen molar-refractivity contribution in [3.8, 4) is 5.75 Å². The number of carbonyl (C=O) groups is 2. The fourth-order valence-corrected chi connectivity index (χ4v) is 4.68. The number of rotatable bonds is 11. The first kappa shape index (κ1) is 29.5. The Labute approximate surface area is 226 Å². The number of hydrogen-bond donors (Lipinski definition) is 2. The number of aliphatic hydroxyl groups excluding tert-OH is 1. The van der Waals surface area contributed by atoms with Gasteiger partial charge in [-0.25, -0.2) is 0 Å². The first-order chi connectivity index (χ1) is 18.2. The summed E-state index contributed by atoms with van der Waals surface area (Å²) in [4.78, 5) is 36.0. The minimum Gasteiger partial charge on any atom is -0.488 e. The molecule has 1 aliphatic rings. The van der Waals surface area contributed by atoms with Crippen molar-refractivity contribution in [2.45, 2.75) is 51.8 Å². The Morgan fingerprint density at radius 3 is 2.66 bits per heavy atom. The summed E-state index contributed by atoms with van der Waals surface area (Å²) in [6.45, 7) is 6.56. The van der Waals surface area contributed by atoms with Gasteiger partial charge in [0.15, 0.2) is 0 Å². The van der Waals surface area contributed by atoms with Crippen LogP contribution in [0.1, 0.15) is 37.8 Å². The van der Waals surface area contributed by atoms with E-state index in [1.165, 1.54) is 0 Å². The van der Waals surface area contributed by atoms with Crippen molar-refractivity contribution in [1.82, 2.24) is 19.7 Å². The van der Waals surface area contributed by atoms with E-state index in [0.29, 0.717) is 30.9 Å². The van der Waals surface area contributed by atoms with Crippen molar-refractivity contribution in [3.63, 3.8) is 0 Å². The topological polar surface area (TPSA) is 98.2 Å². The highest BCUT2D eigenvalue weighted by Crippen LogP contribution is 2.29. The van der Waals surface area contributed by atoms with Crippen LogP contribution in [0, 0.1) is 5.92 Å². The number of hydrogen-bond acceptors (Lipinski definition) is 7. The molecule has 0 unspecified atom stereocenters. The highest BCUT2D eigenvalue weighted by molar-refractivity contribution is 5.91. The lowest BCUT2D eigenvalue weighted by Crippen LogP contribution is -2.47. The van der Waals surface area contributed by atoms with Gasteiger partial charge in [-0.3, -0.25) is 19.5 Å². The number of ether oxygens (including phenoxy) is 1. The monoisotopic (exact) mass is 525 g/mol. The molecule has 0 saturated carbocycles. The molecule has 0 saturated heterocycles. The van der Waals surface area contributed by atoms with Gasteiger partial charge in [0, 0.05) is 55.6 Å². The first-order valence-corrected chi connectivity index (χ1v) is 13.4. The van der Waals surface area contributed by atoms with Crippen LogP contribution in [-0.2, 0) is 22.6 Å². The van der Waals surface area contributed by atoms with E-state index in [4.69, 9.17) is 4.74 Å². The number of pyridine rings is 1. The molecule has 2 amide bonds. The zero-order valence-electron chi connectivity index (χ0n) is 23.4. The maximum atomic E-state index is 13.4. The molecule has 2 heterocycles. The van der Waals surface area contributed by atoms with Gasteiger partial charge in [0.25, 0.3) is 0 Å². The number of aliphatic hydroxyl groups is 1. The summed E-state index contributed by atoms with van der Waals surface area (Å²) in [7, 11) is 6.02. The molecule has 0 radical (unpaired) electrons. The van der Waals surface area contributed by atoms with Gasteiger partial charge < -0.3 is 25.0 Å². The standard InChI is InChI=1S/C29H43N5O4/c1-21-17-34(22(2)20-35)29(37)16-24-15-25(31-28(36)7-6-14-32(3)4)8-9-26(24)38-27(21)19-33(5)18-23-10-12-30-13-11-23/h8-13,15,21-22,27,35H,6-7,14,16-20H2,1-5H3,(H,31,36)/t21-,22+,27+/m0/s1. The van der Waals surface area contributed by atoms with Crippen molar-refractivity contribution in [3.05, 3.63) is 53.9 Å². The lowest BCUT2D eigenvalue weighted by Gasteiger charge is -2.34. The van der Waals surface area contributed by atoms with Crippen molar-refractivity contribution in [2.75, 3.05) is 52.7 Å². The van der Waals surface area contributed by atoms with E-state index in [1.54, 1.807) is 17.3 Å². The molecule has 3 atom stereocenters. The largest absolute Gasteiger partial charge is 0.488 e. The molecule has 9 heteroatoms. The van der Waals surface area contributed by atoms with Gasteiger partial charge in [0.1, 0.15) is 11.9 Å². The molecule has 9 nitrogen and oxygen atoms in total. The highest BCUT2D eigenvalue weighted by atomic mass is 16.5. The summed E-state index contributed by atoms with van der Waals surface area (Å²) in [5, 5.41) is 12.8. The third-order valence-electron chi connectivity index (χ3n) is 6.90. The third-order valence-corrected chi connectivity index (χ3v) is 6.90. The number of nitrogens with zero attached hydrogens (tertiary/aromatic N) is 4. The summed E-state index contributed by atoms with van der Waals surface area (Å²) in [6.07, 6.45) is 4.72. The van der Waals surface area contributed by atoms with Gasteiger partial charge in [-0.2, -0.15) is 0 Å². The molecule has 3 rings (SSSR count). The lowest BCUT2D eigenvalue weighted by molar-refractivity contribution is -0.134. The number of likely N-dealkylation sites (N-methyl/N-ethyl adjacent to an activating group) is 1. The van der Waals surface area contributed by atoms with E-state index in [-0.39, 0.29) is 42.9 Å². The SMILES string of the molecule is C[C@H](CO)N1C[C@H](C)[C@@H](CN(C)Cc2ccncc2)Oc2ccc(NC(=O)CCCN(C)C)cc2CC1=O. The highest BCUT2D eigenvalue weighted by Gasteiger charge is 2.31. The van der Waals surface area contributed by atoms with E-state index in [2.05, 4.69) is 34.1 Å². The minimum atomic E-state index is -0.304. The number of aromatic nitrogens is 1. The van der Waals surface area contributed by atoms with Crippen LogP contribution < -0.4 is 10.1 Å². The molecule has 1 aromatic carbocycles. The molecule has 0 fully saturated rings. The van der Waals surface area contributed by atoms with Crippen LogP contribution in [0.4, 0.5) is 5.69 Å². The number of fused-ring (bicyclic) bond motifs is 1. The Morgan fingerprint density at radius 1 is 1.24 bits per heavy atom. The van der Waals surface area contributed by atoms with Gasteiger partial charge >= 0.3 is 0 Å². The average Bonchev–Trinajstić information content (AvgIpc) is 2.91. The number of carbonyl (C=O) groups excluding carboxylic acids is 2. The van der Waals surface area contributed by atoms with E-state index in [1.807, 2.05) is 51.4 Å². The molecule has 0 aliphatic carbocycles. The van der Waals surface area contributed by atoms with Gasteiger partial charge in [-0.15, -0.1) is 0 Å². The summed E-state index contributed by atoms with van der Waals surface area (Å²) >= 11 is 0. The number of nitrogens with one attached hydrogen (secondary N) is 1. The Morgan fingerprint density at radius 2 is 1.97 bits per heavy atom. The van der Waals surface area contributed by atoms with Crippen molar-refractivity contribution < 1.29 is 19.4 Å². The molecule has 208 valence electrons. The summed E-state index contributed by atoms with van der Waals surface area (Å²) < 4.78 is 6.59. The zero-order chi connectivity index (χ0) is 27.7. The molecular weight excluding hydrogens is 482 g/mol. The van der Waals surface area contributed by atoms with Crippen LogP contribution in [0.2, 0.25) is 0 Å². The Kier molecular flexibility index (Phi) is 11.1. The summed E-state index contributed by atoms with van der Waals surface area (Å²) in [6, 6.07) is 9.22. The minimum absolute atomic E-state index is 0.0230. The fourth-order valence-electron chi connectivity index (χ4n) is 4.68. The van der Waals surface area contributed by atoms with Crippen molar-refractivity contribution in [1.29, 1.82) is 0 Å². The van der Waals surface area contributed by atoms with Crippen LogP contribution in [-0.4, -0.2) is 96.1 Å². The summed E-state index contributed by atoms with van der Waals surface area (Å²) in [5.74, 6) is 0.553. The van der Waals surface area contributed by atoms with Crippen LogP contribution in [0.5, 0.6) is 5.75 Å². The quantitative estimate of drug-likeness (QED) is 0.465. The van der Waals surface area contributed by atoms with E-state index < -0.39 is 0 Å². The van der Waals surface area contributed by atoms with E-state index in [9.17, 15) is 14.7 Å². The average molecular weight is 526 g/mol. The molecule has 2 N–H and O–H groups in total. The van der Waals surface area contributed by atoms with Crippen LogP contribution in [0.3, 0.4) is 0 Å². The van der Waals surface area contributed by atoms with Crippen LogP contribution >= 0.6 is 0 Å². The van der Waals surface area contributed by atoms with Crippen molar-refractivity contribution in [2.24, 2.45) is 5.92 Å². The molecule has 0 bridgehead atoms. The smallest absolute Gasteiger partial charge is 0.227 e. The molecule has 1 aliphatic heterocycles. The molecule has 38 heavy (non-hydrogen) atoms. The predicted molar refractivity (Wildman–Crippen MR) is 149 cm³/mol. The predicted octanol–water partition coefficient (Wildman–Crippen LogP) is 2.64. The van der Waals surface area contributed by atoms with E-state index >= 15 is 0 Å². The van der Waals surface area contributed by atoms with Gasteiger partial charge in [0.2, 0.25) is 11.8 Å². The second kappa shape index (κ2) is 14.2. The van der Waals surface area contributed by atoms with Crippen LogP contribution in [0.15, 0.2) is 42.7 Å². The second-order valence-corrected chi connectivity index (χ2v) is 10.7. The second-order valence-electron chi connectivity index (χ2n) is 10.7. The van der Waals surface area contributed by atoms with Gasteiger partial charge in [-0.1, -0.05) is 6.92 Å². The molecular formula is C29H43N5O4. The Hall–Kier alpha value is -3.01.